The predicted molar refractivity (Wildman–Crippen MR) is 108 cm³/mol. The molecule has 6 heteroatoms. The Labute approximate surface area is 164 Å². The van der Waals surface area contributed by atoms with E-state index in [1.165, 1.54) is 12.4 Å². The first-order valence-corrected chi connectivity index (χ1v) is 9.39. The number of halogens is 1. The molecule has 0 radical (unpaired) electrons. The lowest BCUT2D eigenvalue weighted by Gasteiger charge is -2.13. The Kier molecular flexibility index (Phi) is 6.92. The van der Waals surface area contributed by atoms with E-state index in [2.05, 4.69) is 22.2 Å². The van der Waals surface area contributed by atoms with Gasteiger partial charge in [0.1, 0.15) is 12.1 Å². The Hall–Kier alpha value is -2.99. The minimum Gasteiger partial charge on any atom is -0.491 e. The number of nitrogens with zero attached hydrogens (tertiary/aromatic N) is 2. The molecule has 2 N–H and O–H groups in total. The molecule has 0 spiro atoms. The molecule has 0 fully saturated rings. The van der Waals surface area contributed by atoms with Crippen LogP contribution >= 0.6 is 0 Å². The second kappa shape index (κ2) is 9.80. The van der Waals surface area contributed by atoms with Crippen molar-refractivity contribution in [2.24, 2.45) is 0 Å². The quantitative estimate of drug-likeness (QED) is 0.530. The van der Waals surface area contributed by atoms with E-state index in [4.69, 9.17) is 4.74 Å². The second-order valence-corrected chi connectivity index (χ2v) is 6.44. The summed E-state index contributed by atoms with van der Waals surface area (Å²) >= 11 is 0. The first kappa shape index (κ1) is 19.8. The van der Waals surface area contributed by atoms with Crippen LogP contribution in [0.1, 0.15) is 31.4 Å². The maximum Gasteiger partial charge on any atom is 0.165 e. The molecule has 0 saturated heterocycles. The van der Waals surface area contributed by atoms with Gasteiger partial charge in [0.05, 0.1) is 18.4 Å². The summed E-state index contributed by atoms with van der Waals surface area (Å²) in [6.07, 6.45) is 2.64. The summed E-state index contributed by atoms with van der Waals surface area (Å²) in [7, 11) is 0. The molecule has 0 amide bonds. The lowest BCUT2D eigenvalue weighted by Crippen LogP contribution is -2.13. The number of hydrogen-bond acceptors (Lipinski definition) is 5. The molecule has 1 atom stereocenters. The van der Waals surface area contributed by atoms with Gasteiger partial charge in [0.25, 0.3) is 0 Å². The maximum absolute atomic E-state index is 14.3. The van der Waals surface area contributed by atoms with Gasteiger partial charge in [-0.2, -0.15) is 0 Å². The molecule has 0 aliphatic carbocycles. The molecule has 2 aromatic carbocycles. The van der Waals surface area contributed by atoms with Crippen molar-refractivity contribution >= 4 is 5.82 Å². The Morgan fingerprint density at radius 1 is 1.11 bits per heavy atom. The molecule has 3 rings (SSSR count). The first-order chi connectivity index (χ1) is 13.7. The largest absolute Gasteiger partial charge is 0.491 e. The summed E-state index contributed by atoms with van der Waals surface area (Å²) in [6.45, 7) is 2.86. The number of unbranched alkanes of at least 4 members (excludes halogenated alkanes) is 1. The van der Waals surface area contributed by atoms with Crippen molar-refractivity contribution in [3.05, 3.63) is 72.3 Å². The highest BCUT2D eigenvalue weighted by Gasteiger charge is 2.10. The number of ether oxygens (including phenoxy) is 1. The Balaban J connectivity index is 1.66. The predicted octanol–water partition coefficient (Wildman–Crippen LogP) is 4.61. The summed E-state index contributed by atoms with van der Waals surface area (Å²) < 4.78 is 19.7. The van der Waals surface area contributed by atoms with Gasteiger partial charge in [-0.25, -0.2) is 14.4 Å². The van der Waals surface area contributed by atoms with Crippen molar-refractivity contribution in [2.45, 2.75) is 25.9 Å². The molecule has 28 heavy (non-hydrogen) atoms. The molecule has 1 aromatic heterocycles. The highest BCUT2D eigenvalue weighted by Crippen LogP contribution is 2.25. The van der Waals surface area contributed by atoms with E-state index in [1.54, 1.807) is 18.2 Å². The van der Waals surface area contributed by atoms with E-state index in [9.17, 15) is 9.50 Å². The summed E-state index contributed by atoms with van der Waals surface area (Å²) in [5.74, 6) is 0.389. The Morgan fingerprint density at radius 3 is 2.68 bits per heavy atom. The highest BCUT2D eigenvalue weighted by atomic mass is 19.1. The molecule has 146 valence electrons. The zero-order valence-corrected chi connectivity index (χ0v) is 15.8. The van der Waals surface area contributed by atoms with Gasteiger partial charge < -0.3 is 15.2 Å². The van der Waals surface area contributed by atoms with E-state index in [1.807, 2.05) is 30.3 Å². The van der Waals surface area contributed by atoms with Gasteiger partial charge in [0, 0.05) is 18.2 Å². The normalized spacial score (nSPS) is 11.8. The molecule has 1 unspecified atom stereocenters. The number of aliphatic hydroxyl groups excluding tert-OH is 1. The molecule has 0 bridgehead atoms. The van der Waals surface area contributed by atoms with Crippen molar-refractivity contribution in [1.29, 1.82) is 0 Å². The smallest absolute Gasteiger partial charge is 0.165 e. The minimum absolute atomic E-state index is 0.246. The van der Waals surface area contributed by atoms with Crippen molar-refractivity contribution < 1.29 is 14.2 Å². The standard InChI is InChI=1S/C22H24FN3O2/c1-2-3-11-28-21-10-9-17(12-18(21)23)19-13-22(26-15-25-19)24-14-20(27)16-7-5-4-6-8-16/h4-10,12-13,15,20,27H,2-3,11,14H2,1H3,(H,24,25,26). The van der Waals surface area contributed by atoms with Gasteiger partial charge >= 0.3 is 0 Å². The van der Waals surface area contributed by atoms with E-state index >= 15 is 0 Å². The lowest BCUT2D eigenvalue weighted by molar-refractivity contribution is 0.191. The van der Waals surface area contributed by atoms with Crippen molar-refractivity contribution in [2.75, 3.05) is 18.5 Å². The molecule has 0 aliphatic heterocycles. The van der Waals surface area contributed by atoms with Gasteiger partial charge in [0.15, 0.2) is 11.6 Å². The van der Waals surface area contributed by atoms with E-state index in [0.717, 1.165) is 18.4 Å². The summed E-state index contributed by atoms with van der Waals surface area (Å²) in [5, 5.41) is 13.3. The van der Waals surface area contributed by atoms with Crippen LogP contribution in [-0.4, -0.2) is 28.2 Å². The van der Waals surface area contributed by atoms with E-state index < -0.39 is 11.9 Å². The molecule has 0 aliphatic rings. The van der Waals surface area contributed by atoms with Crippen molar-refractivity contribution in [3.8, 4) is 17.0 Å². The number of rotatable bonds is 9. The van der Waals surface area contributed by atoms with Gasteiger partial charge in [-0.15, -0.1) is 0 Å². The third kappa shape index (κ3) is 5.27. The van der Waals surface area contributed by atoms with Crippen LogP contribution in [0.2, 0.25) is 0 Å². The minimum atomic E-state index is -0.656. The van der Waals surface area contributed by atoms with Crippen LogP contribution in [0, 0.1) is 5.82 Å². The zero-order chi connectivity index (χ0) is 19.8. The second-order valence-electron chi connectivity index (χ2n) is 6.44. The average Bonchev–Trinajstić information content (AvgIpc) is 2.74. The molecule has 1 heterocycles. The van der Waals surface area contributed by atoms with E-state index in [0.29, 0.717) is 30.2 Å². The average molecular weight is 381 g/mol. The Morgan fingerprint density at radius 2 is 1.93 bits per heavy atom. The SMILES string of the molecule is CCCCOc1ccc(-c2cc(NCC(O)c3ccccc3)ncn2)cc1F. The molecule has 3 aromatic rings. The van der Waals surface area contributed by atoms with E-state index in [-0.39, 0.29) is 5.75 Å². The number of nitrogens with one attached hydrogen (secondary N) is 1. The van der Waals surface area contributed by atoms with Gasteiger partial charge in [-0.3, -0.25) is 0 Å². The van der Waals surface area contributed by atoms with Gasteiger partial charge in [-0.1, -0.05) is 43.7 Å². The van der Waals surface area contributed by atoms with Crippen molar-refractivity contribution in [3.63, 3.8) is 0 Å². The monoisotopic (exact) mass is 381 g/mol. The van der Waals surface area contributed by atoms with Crippen LogP contribution in [0.25, 0.3) is 11.3 Å². The number of anilines is 1. The fraction of sp³-hybridized carbons (Fsp3) is 0.273. The first-order valence-electron chi connectivity index (χ1n) is 9.39. The molecule has 5 nitrogen and oxygen atoms in total. The molecular weight excluding hydrogens is 357 g/mol. The van der Waals surface area contributed by atoms with Gasteiger partial charge in [0.2, 0.25) is 0 Å². The summed E-state index contributed by atoms with van der Waals surface area (Å²) in [4.78, 5) is 8.39. The van der Waals surface area contributed by atoms with Crippen LogP contribution in [0.15, 0.2) is 60.9 Å². The molecular formula is C22H24FN3O2. The highest BCUT2D eigenvalue weighted by molar-refractivity contribution is 5.63. The van der Waals surface area contributed by atoms with Crippen LogP contribution in [0.4, 0.5) is 10.2 Å². The van der Waals surface area contributed by atoms with Gasteiger partial charge in [-0.05, 0) is 30.2 Å². The number of hydrogen-bond donors (Lipinski definition) is 2. The Bertz CT molecular complexity index is 890. The zero-order valence-electron chi connectivity index (χ0n) is 15.8. The van der Waals surface area contributed by atoms with Crippen molar-refractivity contribution in [1.82, 2.24) is 9.97 Å². The number of benzene rings is 2. The van der Waals surface area contributed by atoms with Crippen LogP contribution in [0.3, 0.4) is 0 Å². The fourth-order valence-corrected chi connectivity index (χ4v) is 2.71. The van der Waals surface area contributed by atoms with Crippen LogP contribution in [-0.2, 0) is 0 Å². The third-order valence-corrected chi connectivity index (χ3v) is 4.31. The maximum atomic E-state index is 14.3. The van der Waals surface area contributed by atoms with Crippen LogP contribution in [0.5, 0.6) is 5.75 Å². The lowest BCUT2D eigenvalue weighted by atomic mass is 10.1. The topological polar surface area (TPSA) is 67.3 Å². The third-order valence-electron chi connectivity index (χ3n) is 4.31. The summed E-state index contributed by atoms with van der Waals surface area (Å²) in [5.41, 5.74) is 2.05. The van der Waals surface area contributed by atoms with Crippen LogP contribution < -0.4 is 10.1 Å². The molecule has 0 saturated carbocycles. The summed E-state index contributed by atoms with van der Waals surface area (Å²) in [6, 6.07) is 15.9. The number of aromatic nitrogens is 2. The number of aliphatic hydroxyl groups is 1. The fourth-order valence-electron chi connectivity index (χ4n) is 2.71.